The molecule has 0 unspecified atom stereocenters. The average molecular weight is 564 g/mol. The highest BCUT2D eigenvalue weighted by Gasteiger charge is 2.33. The summed E-state index contributed by atoms with van der Waals surface area (Å²) in [5, 5.41) is 3.00. The third kappa shape index (κ3) is 8.95. The van der Waals surface area contributed by atoms with Gasteiger partial charge in [0.2, 0.25) is 21.8 Å². The summed E-state index contributed by atoms with van der Waals surface area (Å²) in [6.07, 6.45) is 2.21. The molecule has 1 atom stereocenters. The van der Waals surface area contributed by atoms with Gasteiger partial charge >= 0.3 is 0 Å². The molecule has 8 heteroatoms. The predicted octanol–water partition coefficient (Wildman–Crippen LogP) is 4.74. The Morgan fingerprint density at radius 1 is 0.875 bits per heavy atom. The number of anilines is 1. The van der Waals surface area contributed by atoms with E-state index in [9.17, 15) is 18.0 Å². The number of hydrogen-bond donors (Lipinski definition) is 1. The summed E-state index contributed by atoms with van der Waals surface area (Å²) in [5.41, 5.74) is 4.27. The van der Waals surface area contributed by atoms with Crippen LogP contribution in [0.5, 0.6) is 0 Å². The number of sulfonamides is 1. The first-order valence-electron chi connectivity index (χ1n) is 13.7. The number of benzene rings is 3. The molecule has 3 rings (SSSR count). The van der Waals surface area contributed by atoms with Gasteiger partial charge in [-0.3, -0.25) is 13.9 Å². The lowest BCUT2D eigenvalue weighted by atomic mass is 10.0. The van der Waals surface area contributed by atoms with E-state index in [0.717, 1.165) is 39.2 Å². The summed E-state index contributed by atoms with van der Waals surface area (Å²) in [7, 11) is -3.79. The van der Waals surface area contributed by atoms with Gasteiger partial charge in [0.25, 0.3) is 0 Å². The van der Waals surface area contributed by atoms with Gasteiger partial charge < -0.3 is 10.2 Å². The number of amides is 2. The van der Waals surface area contributed by atoms with Gasteiger partial charge in [-0.25, -0.2) is 8.42 Å². The molecular formula is C32H41N3O4S. The lowest BCUT2D eigenvalue weighted by molar-refractivity contribution is -0.140. The zero-order valence-corrected chi connectivity index (χ0v) is 24.9. The van der Waals surface area contributed by atoms with Gasteiger partial charge in [0.1, 0.15) is 12.6 Å². The SMILES string of the molecule is CCc1ccc(N(CC(=O)N(Cc2cccc(C)c2)[C@@H](Cc2ccccc2)C(=O)NCC(C)C)S(C)(=O)=O)cc1. The molecule has 0 heterocycles. The number of nitrogens with one attached hydrogen (secondary N) is 1. The van der Waals surface area contributed by atoms with Crippen LogP contribution in [0.3, 0.4) is 0 Å². The summed E-state index contributed by atoms with van der Waals surface area (Å²) in [5.74, 6) is -0.488. The predicted molar refractivity (Wildman–Crippen MR) is 162 cm³/mol. The third-order valence-corrected chi connectivity index (χ3v) is 7.84. The molecule has 0 spiro atoms. The molecule has 0 fully saturated rings. The van der Waals surface area contributed by atoms with E-state index in [1.807, 2.05) is 94.4 Å². The molecule has 3 aromatic rings. The summed E-state index contributed by atoms with van der Waals surface area (Å²) in [6.45, 7) is 8.23. The number of hydrogen-bond acceptors (Lipinski definition) is 4. The van der Waals surface area contributed by atoms with Crippen molar-refractivity contribution >= 4 is 27.5 Å². The van der Waals surface area contributed by atoms with Crippen molar-refractivity contribution in [1.82, 2.24) is 10.2 Å². The van der Waals surface area contributed by atoms with Crippen molar-refractivity contribution in [2.45, 2.75) is 53.1 Å². The van der Waals surface area contributed by atoms with Crippen molar-refractivity contribution in [3.63, 3.8) is 0 Å². The van der Waals surface area contributed by atoms with Crippen LogP contribution in [0.4, 0.5) is 5.69 Å². The first-order chi connectivity index (χ1) is 19.0. The summed E-state index contributed by atoms with van der Waals surface area (Å²) in [6, 6.07) is 23.6. The van der Waals surface area contributed by atoms with Crippen LogP contribution in [0, 0.1) is 12.8 Å². The van der Waals surface area contributed by atoms with Crippen LogP contribution in [0.15, 0.2) is 78.9 Å². The second-order valence-corrected chi connectivity index (χ2v) is 12.6. The van der Waals surface area contributed by atoms with Crippen LogP contribution < -0.4 is 9.62 Å². The van der Waals surface area contributed by atoms with Gasteiger partial charge in [0.05, 0.1) is 11.9 Å². The fourth-order valence-electron chi connectivity index (χ4n) is 4.50. The van der Waals surface area contributed by atoms with E-state index >= 15 is 0 Å². The standard InChI is InChI=1S/C32H41N3O4S/c1-6-26-15-17-29(18-16-26)35(40(5,38)39)23-31(36)34(22-28-14-10-11-25(4)19-28)30(32(37)33-21-24(2)3)20-27-12-8-7-9-13-27/h7-19,24,30H,6,20-23H2,1-5H3,(H,33,37)/t30-/m0/s1. The first kappa shape index (κ1) is 30.9. The topological polar surface area (TPSA) is 86.8 Å². The number of rotatable bonds is 13. The van der Waals surface area contributed by atoms with Crippen LogP contribution in [-0.4, -0.2) is 50.5 Å². The van der Waals surface area contributed by atoms with Crippen LogP contribution in [-0.2, 0) is 39.0 Å². The van der Waals surface area contributed by atoms with Crippen molar-refractivity contribution in [2.24, 2.45) is 5.92 Å². The molecule has 2 amide bonds. The van der Waals surface area contributed by atoms with E-state index in [0.29, 0.717) is 18.7 Å². The Bertz CT molecular complexity index is 1370. The molecule has 214 valence electrons. The summed E-state index contributed by atoms with van der Waals surface area (Å²) in [4.78, 5) is 29.3. The van der Waals surface area contributed by atoms with Crippen molar-refractivity contribution in [2.75, 3.05) is 23.7 Å². The van der Waals surface area contributed by atoms with Gasteiger partial charge in [0.15, 0.2) is 0 Å². The number of aryl methyl sites for hydroxylation is 2. The van der Waals surface area contributed by atoms with E-state index < -0.39 is 28.5 Å². The Morgan fingerprint density at radius 3 is 2.10 bits per heavy atom. The largest absolute Gasteiger partial charge is 0.354 e. The third-order valence-electron chi connectivity index (χ3n) is 6.70. The molecule has 0 aliphatic rings. The maximum atomic E-state index is 14.1. The van der Waals surface area contributed by atoms with E-state index in [-0.39, 0.29) is 18.4 Å². The lowest BCUT2D eigenvalue weighted by Crippen LogP contribution is -2.53. The zero-order valence-electron chi connectivity index (χ0n) is 24.1. The normalized spacial score (nSPS) is 12.2. The Hall–Kier alpha value is -3.65. The van der Waals surface area contributed by atoms with E-state index in [1.165, 1.54) is 4.90 Å². The molecule has 0 radical (unpaired) electrons. The second kappa shape index (κ2) is 14.1. The quantitative estimate of drug-likeness (QED) is 0.326. The molecule has 1 N–H and O–H groups in total. The molecule has 0 aliphatic carbocycles. The number of carbonyl (C=O) groups excluding carboxylic acids is 2. The average Bonchev–Trinajstić information content (AvgIpc) is 2.92. The minimum absolute atomic E-state index is 0.166. The second-order valence-electron chi connectivity index (χ2n) is 10.6. The smallest absolute Gasteiger partial charge is 0.244 e. The first-order valence-corrected chi connectivity index (χ1v) is 15.6. The van der Waals surface area contributed by atoms with Gasteiger partial charge in [0, 0.05) is 19.5 Å². The van der Waals surface area contributed by atoms with Crippen LogP contribution >= 0.6 is 0 Å². The Labute approximate surface area is 239 Å². The lowest BCUT2D eigenvalue weighted by Gasteiger charge is -2.33. The monoisotopic (exact) mass is 563 g/mol. The van der Waals surface area contributed by atoms with E-state index in [2.05, 4.69) is 5.32 Å². The highest BCUT2D eigenvalue weighted by molar-refractivity contribution is 7.92. The highest BCUT2D eigenvalue weighted by Crippen LogP contribution is 2.21. The maximum absolute atomic E-state index is 14.1. The van der Waals surface area contributed by atoms with Gasteiger partial charge in [-0.05, 0) is 48.1 Å². The Kier molecular flexibility index (Phi) is 10.9. The van der Waals surface area contributed by atoms with E-state index in [4.69, 9.17) is 0 Å². The van der Waals surface area contributed by atoms with Crippen molar-refractivity contribution in [1.29, 1.82) is 0 Å². The Balaban J connectivity index is 2.03. The molecule has 40 heavy (non-hydrogen) atoms. The molecule has 0 aliphatic heterocycles. The van der Waals surface area contributed by atoms with Crippen molar-refractivity contribution in [3.8, 4) is 0 Å². The van der Waals surface area contributed by atoms with Gasteiger partial charge in [-0.2, -0.15) is 0 Å². The van der Waals surface area contributed by atoms with Crippen LogP contribution in [0.2, 0.25) is 0 Å². The number of carbonyl (C=O) groups is 2. The molecule has 0 saturated carbocycles. The van der Waals surface area contributed by atoms with Gasteiger partial charge in [-0.15, -0.1) is 0 Å². The summed E-state index contributed by atoms with van der Waals surface area (Å²) >= 11 is 0. The Morgan fingerprint density at radius 2 is 1.52 bits per heavy atom. The number of nitrogens with zero attached hydrogens (tertiary/aromatic N) is 2. The maximum Gasteiger partial charge on any atom is 0.244 e. The zero-order chi connectivity index (χ0) is 29.3. The molecule has 0 aromatic heterocycles. The van der Waals surface area contributed by atoms with E-state index in [1.54, 1.807) is 12.1 Å². The van der Waals surface area contributed by atoms with Crippen LogP contribution in [0.25, 0.3) is 0 Å². The molecule has 7 nitrogen and oxygen atoms in total. The molecule has 3 aromatic carbocycles. The fourth-order valence-corrected chi connectivity index (χ4v) is 5.34. The molecule has 0 saturated heterocycles. The van der Waals surface area contributed by atoms with Crippen molar-refractivity contribution in [3.05, 3.63) is 101 Å². The minimum atomic E-state index is -3.79. The summed E-state index contributed by atoms with van der Waals surface area (Å²) < 4.78 is 26.9. The van der Waals surface area contributed by atoms with Gasteiger partial charge in [-0.1, -0.05) is 93.1 Å². The minimum Gasteiger partial charge on any atom is -0.354 e. The highest BCUT2D eigenvalue weighted by atomic mass is 32.2. The fraction of sp³-hybridized carbons (Fsp3) is 0.375. The molecular weight excluding hydrogens is 522 g/mol. The molecule has 0 bridgehead atoms. The van der Waals surface area contributed by atoms with Crippen LogP contribution in [0.1, 0.15) is 43.0 Å². The van der Waals surface area contributed by atoms with Crippen molar-refractivity contribution < 1.29 is 18.0 Å².